The average Bonchev–Trinajstić information content (AvgIpc) is 2.83. The van der Waals surface area contributed by atoms with Gasteiger partial charge in [-0.25, -0.2) is 4.79 Å². The largest absolute Gasteiger partial charge is 0.478 e. The number of nitrogens with zero attached hydrogens (tertiary/aromatic N) is 1. The van der Waals surface area contributed by atoms with Crippen LogP contribution in [-0.2, 0) is 6.54 Å². The number of carboxylic acids is 1. The van der Waals surface area contributed by atoms with Gasteiger partial charge >= 0.3 is 5.97 Å². The van der Waals surface area contributed by atoms with E-state index < -0.39 is 5.97 Å². The third-order valence-electron chi connectivity index (χ3n) is 5.16. The minimum Gasteiger partial charge on any atom is -0.478 e. The zero-order valence-electron chi connectivity index (χ0n) is 17.1. The summed E-state index contributed by atoms with van der Waals surface area (Å²) in [5.41, 5.74) is 4.50. The third-order valence-corrected chi connectivity index (χ3v) is 5.42. The zero-order valence-corrected chi connectivity index (χ0v) is 17.9. The van der Waals surface area contributed by atoms with Gasteiger partial charge in [0.2, 0.25) is 0 Å². The van der Waals surface area contributed by atoms with Gasteiger partial charge in [-0.3, -0.25) is 4.79 Å². The van der Waals surface area contributed by atoms with Crippen molar-refractivity contribution in [1.29, 1.82) is 0 Å². The molecule has 158 valence electrons. The summed E-state index contributed by atoms with van der Waals surface area (Å²) in [4.78, 5) is 26.1. The Morgan fingerprint density at radius 1 is 0.688 bits per heavy atom. The van der Waals surface area contributed by atoms with Crippen molar-refractivity contribution in [2.75, 3.05) is 4.90 Å². The summed E-state index contributed by atoms with van der Waals surface area (Å²) < 4.78 is 0. The molecule has 0 unspecified atom stereocenters. The van der Waals surface area contributed by atoms with Crippen LogP contribution >= 0.6 is 11.6 Å². The number of benzene rings is 4. The molecule has 4 aromatic rings. The lowest BCUT2D eigenvalue weighted by molar-refractivity contribution is 0.0696. The van der Waals surface area contributed by atoms with Crippen molar-refractivity contribution in [1.82, 2.24) is 0 Å². The van der Waals surface area contributed by atoms with Gasteiger partial charge in [0.05, 0.1) is 12.1 Å². The summed E-state index contributed by atoms with van der Waals surface area (Å²) in [6.45, 7) is 0.406. The molecule has 0 saturated heterocycles. The molecule has 0 saturated carbocycles. The Bertz CT molecular complexity index is 1220. The Labute approximate surface area is 191 Å². The summed E-state index contributed by atoms with van der Waals surface area (Å²) in [7, 11) is 0. The van der Waals surface area contributed by atoms with Crippen LogP contribution in [0.2, 0.25) is 5.02 Å². The molecule has 5 heteroatoms. The monoisotopic (exact) mass is 441 g/mol. The lowest BCUT2D eigenvalue weighted by Gasteiger charge is -2.23. The predicted molar refractivity (Wildman–Crippen MR) is 127 cm³/mol. The van der Waals surface area contributed by atoms with E-state index in [1.165, 1.54) is 0 Å². The fraction of sp³-hybridized carbons (Fsp3) is 0.0370. The standard InChI is InChI=1S/C27H20ClNO3/c28-24-16-14-22(15-17-24)26(30)29(25-4-2-1-3-5-25)18-19-6-8-20(9-7-19)21-10-12-23(13-11-21)27(31)32/h1-17H,18H2,(H,31,32). The third kappa shape index (κ3) is 4.88. The normalized spacial score (nSPS) is 10.5. The van der Waals surface area contributed by atoms with Gasteiger partial charge in [-0.15, -0.1) is 0 Å². The highest BCUT2D eigenvalue weighted by Crippen LogP contribution is 2.24. The fourth-order valence-corrected chi connectivity index (χ4v) is 3.55. The van der Waals surface area contributed by atoms with Gasteiger partial charge in [0, 0.05) is 16.3 Å². The highest BCUT2D eigenvalue weighted by atomic mass is 35.5. The van der Waals surface area contributed by atoms with Crippen LogP contribution in [0.3, 0.4) is 0 Å². The number of carbonyl (C=O) groups is 2. The topological polar surface area (TPSA) is 57.6 Å². The number of para-hydroxylation sites is 1. The van der Waals surface area contributed by atoms with Crippen LogP contribution in [0, 0.1) is 0 Å². The van der Waals surface area contributed by atoms with E-state index in [0.29, 0.717) is 17.1 Å². The molecule has 1 amide bonds. The number of halogens is 1. The van der Waals surface area contributed by atoms with Gasteiger partial charge in [-0.2, -0.15) is 0 Å². The van der Waals surface area contributed by atoms with E-state index in [0.717, 1.165) is 22.4 Å². The lowest BCUT2D eigenvalue weighted by Crippen LogP contribution is -2.30. The average molecular weight is 442 g/mol. The maximum atomic E-state index is 13.3. The first-order chi connectivity index (χ1) is 15.5. The number of rotatable bonds is 6. The number of hydrogen-bond donors (Lipinski definition) is 1. The van der Waals surface area contributed by atoms with E-state index in [-0.39, 0.29) is 11.5 Å². The van der Waals surface area contributed by atoms with Crippen molar-refractivity contribution in [3.63, 3.8) is 0 Å². The minimum atomic E-state index is -0.946. The number of aromatic carboxylic acids is 1. The second-order valence-corrected chi connectivity index (χ2v) is 7.75. The van der Waals surface area contributed by atoms with E-state index >= 15 is 0 Å². The molecular weight excluding hydrogens is 422 g/mol. The molecule has 0 atom stereocenters. The van der Waals surface area contributed by atoms with Crippen LogP contribution in [0.4, 0.5) is 5.69 Å². The van der Waals surface area contributed by atoms with Gasteiger partial charge in [-0.1, -0.05) is 66.2 Å². The molecule has 0 aliphatic rings. The first kappa shape index (κ1) is 21.3. The second-order valence-electron chi connectivity index (χ2n) is 7.31. The second kappa shape index (κ2) is 9.50. The van der Waals surface area contributed by atoms with Gasteiger partial charge < -0.3 is 10.0 Å². The van der Waals surface area contributed by atoms with E-state index in [1.807, 2.05) is 54.6 Å². The molecule has 0 aromatic heterocycles. The van der Waals surface area contributed by atoms with Crippen LogP contribution in [0.1, 0.15) is 26.3 Å². The van der Waals surface area contributed by atoms with E-state index in [9.17, 15) is 9.59 Å². The molecule has 0 aliphatic heterocycles. The molecular formula is C27H20ClNO3. The van der Waals surface area contributed by atoms with E-state index in [1.54, 1.807) is 53.4 Å². The van der Waals surface area contributed by atoms with E-state index in [4.69, 9.17) is 16.7 Å². The van der Waals surface area contributed by atoms with Crippen molar-refractivity contribution in [3.8, 4) is 11.1 Å². The molecule has 0 aliphatic carbocycles. The zero-order chi connectivity index (χ0) is 22.5. The van der Waals surface area contributed by atoms with Crippen LogP contribution < -0.4 is 4.90 Å². The van der Waals surface area contributed by atoms with Gasteiger partial charge in [0.1, 0.15) is 0 Å². The van der Waals surface area contributed by atoms with Crippen molar-refractivity contribution in [2.24, 2.45) is 0 Å². The highest BCUT2D eigenvalue weighted by Gasteiger charge is 2.18. The molecule has 0 bridgehead atoms. The van der Waals surface area contributed by atoms with Crippen LogP contribution in [-0.4, -0.2) is 17.0 Å². The quantitative estimate of drug-likeness (QED) is 0.369. The minimum absolute atomic E-state index is 0.110. The molecule has 4 aromatic carbocycles. The molecule has 4 rings (SSSR count). The molecule has 1 N–H and O–H groups in total. The number of anilines is 1. The van der Waals surface area contributed by atoms with Gasteiger partial charge in [0.15, 0.2) is 0 Å². The van der Waals surface area contributed by atoms with Crippen LogP contribution in [0.5, 0.6) is 0 Å². The first-order valence-electron chi connectivity index (χ1n) is 10.1. The Morgan fingerprint density at radius 2 is 1.22 bits per heavy atom. The number of carbonyl (C=O) groups excluding carboxylic acids is 1. The fourth-order valence-electron chi connectivity index (χ4n) is 3.43. The Hall–Kier alpha value is -3.89. The summed E-state index contributed by atoms with van der Waals surface area (Å²) in [6.07, 6.45) is 0. The Balaban J connectivity index is 1.59. The molecule has 4 nitrogen and oxygen atoms in total. The Morgan fingerprint density at radius 3 is 1.78 bits per heavy atom. The SMILES string of the molecule is O=C(O)c1ccc(-c2ccc(CN(C(=O)c3ccc(Cl)cc3)c3ccccc3)cc2)cc1. The Kier molecular flexibility index (Phi) is 6.34. The van der Waals surface area contributed by atoms with Crippen molar-refractivity contribution in [3.05, 3.63) is 125 Å². The predicted octanol–water partition coefficient (Wildman–Crippen LogP) is 6.55. The summed E-state index contributed by atoms with van der Waals surface area (Å²) in [5, 5.41) is 9.65. The molecule has 0 fully saturated rings. The number of hydrogen-bond acceptors (Lipinski definition) is 2. The van der Waals surface area contributed by atoms with Crippen molar-refractivity contribution >= 4 is 29.2 Å². The smallest absolute Gasteiger partial charge is 0.335 e. The molecule has 32 heavy (non-hydrogen) atoms. The van der Waals surface area contributed by atoms with Crippen LogP contribution in [0.25, 0.3) is 11.1 Å². The number of carboxylic acid groups (broad SMARTS) is 1. The summed E-state index contributed by atoms with van der Waals surface area (Å²) >= 11 is 5.98. The van der Waals surface area contributed by atoms with Crippen LogP contribution in [0.15, 0.2) is 103 Å². The highest BCUT2D eigenvalue weighted by molar-refractivity contribution is 6.30. The summed E-state index contributed by atoms with van der Waals surface area (Å²) in [6, 6.07) is 31.1. The molecule has 0 heterocycles. The molecule has 0 spiro atoms. The van der Waals surface area contributed by atoms with Gasteiger partial charge in [-0.05, 0) is 65.2 Å². The first-order valence-corrected chi connectivity index (χ1v) is 10.4. The van der Waals surface area contributed by atoms with Gasteiger partial charge in [0.25, 0.3) is 5.91 Å². The molecule has 0 radical (unpaired) electrons. The van der Waals surface area contributed by atoms with Crippen molar-refractivity contribution < 1.29 is 14.7 Å². The number of amides is 1. The van der Waals surface area contributed by atoms with E-state index in [2.05, 4.69) is 0 Å². The lowest BCUT2D eigenvalue weighted by atomic mass is 10.0. The summed E-state index contributed by atoms with van der Waals surface area (Å²) in [5.74, 6) is -1.06. The maximum absolute atomic E-state index is 13.3. The maximum Gasteiger partial charge on any atom is 0.335 e. The van der Waals surface area contributed by atoms with Crippen molar-refractivity contribution in [2.45, 2.75) is 6.54 Å².